The summed E-state index contributed by atoms with van der Waals surface area (Å²) in [5.41, 5.74) is 11.2. The number of nitrogens with two attached hydrogens (primary N) is 2. The minimum atomic E-state index is -0.402. The molecule has 0 radical (unpaired) electrons. The number of halogens is 1. The molecule has 0 amide bonds. The van der Waals surface area contributed by atoms with Gasteiger partial charge in [-0.3, -0.25) is 0 Å². The first-order valence-corrected chi connectivity index (χ1v) is 3.51. The van der Waals surface area contributed by atoms with Crippen LogP contribution in [0.25, 0.3) is 6.08 Å². The van der Waals surface area contributed by atoms with Gasteiger partial charge in [0, 0.05) is 12.1 Å². The molecule has 12 heavy (non-hydrogen) atoms. The van der Waals surface area contributed by atoms with Crippen LogP contribution in [-0.4, -0.2) is 11.5 Å². The van der Waals surface area contributed by atoms with Crippen LogP contribution >= 0.6 is 0 Å². The highest BCUT2D eigenvalue weighted by atomic mass is 19.1. The summed E-state index contributed by atoms with van der Waals surface area (Å²) in [7, 11) is 0. The van der Waals surface area contributed by atoms with Crippen LogP contribution < -0.4 is 11.5 Å². The zero-order valence-corrected chi connectivity index (χ0v) is 6.50. The fraction of sp³-hybridized carbons (Fsp3) is 0.125. The van der Waals surface area contributed by atoms with Gasteiger partial charge in [0.25, 0.3) is 0 Å². The first kappa shape index (κ1) is 8.67. The van der Waals surface area contributed by atoms with Crippen molar-refractivity contribution in [1.29, 1.82) is 0 Å². The molecule has 4 heteroatoms. The molecule has 0 aliphatic heterocycles. The van der Waals surface area contributed by atoms with Crippen LogP contribution in [0.1, 0.15) is 5.56 Å². The molecule has 0 aromatic carbocycles. The smallest absolute Gasteiger partial charge is 0.142 e. The van der Waals surface area contributed by atoms with Crippen molar-refractivity contribution < 1.29 is 4.39 Å². The van der Waals surface area contributed by atoms with Crippen LogP contribution in [-0.2, 0) is 0 Å². The maximum Gasteiger partial charge on any atom is 0.142 e. The molecule has 1 aromatic rings. The van der Waals surface area contributed by atoms with Crippen LogP contribution in [0.15, 0.2) is 18.3 Å². The minimum absolute atomic E-state index is 0.307. The molecule has 1 aromatic heterocycles. The summed E-state index contributed by atoms with van der Waals surface area (Å²) in [5.74, 6) is -0.0954. The summed E-state index contributed by atoms with van der Waals surface area (Å²) >= 11 is 0. The Kier molecular flexibility index (Phi) is 2.76. The molecule has 1 rings (SSSR count). The zero-order valence-electron chi connectivity index (χ0n) is 6.50. The van der Waals surface area contributed by atoms with Gasteiger partial charge in [0.15, 0.2) is 0 Å². The number of nitrogens with zero attached hydrogens (tertiary/aromatic N) is 1. The summed E-state index contributed by atoms with van der Waals surface area (Å²) in [4.78, 5) is 3.64. The van der Waals surface area contributed by atoms with Gasteiger partial charge in [0.05, 0.1) is 6.20 Å². The highest BCUT2D eigenvalue weighted by molar-refractivity contribution is 5.60. The fourth-order valence-corrected chi connectivity index (χ4v) is 0.794. The quantitative estimate of drug-likeness (QED) is 0.683. The minimum Gasteiger partial charge on any atom is -0.383 e. The molecule has 0 saturated heterocycles. The van der Waals surface area contributed by atoms with Gasteiger partial charge in [-0.1, -0.05) is 12.2 Å². The van der Waals surface area contributed by atoms with Crippen molar-refractivity contribution in [2.24, 2.45) is 5.73 Å². The van der Waals surface area contributed by atoms with E-state index >= 15 is 0 Å². The second-order valence-electron chi connectivity index (χ2n) is 2.27. The van der Waals surface area contributed by atoms with Crippen molar-refractivity contribution in [3.8, 4) is 0 Å². The van der Waals surface area contributed by atoms with Gasteiger partial charge in [-0.25, -0.2) is 9.37 Å². The number of aromatic nitrogens is 1. The number of rotatable bonds is 2. The summed E-state index contributed by atoms with van der Waals surface area (Å²) in [6.45, 7) is 0.399. The highest BCUT2D eigenvalue weighted by Crippen LogP contribution is 2.10. The number of pyridine rings is 1. The van der Waals surface area contributed by atoms with Gasteiger partial charge in [-0.15, -0.1) is 0 Å². The first-order valence-electron chi connectivity index (χ1n) is 3.51. The van der Waals surface area contributed by atoms with E-state index in [0.29, 0.717) is 17.9 Å². The van der Waals surface area contributed by atoms with E-state index in [9.17, 15) is 4.39 Å². The van der Waals surface area contributed by atoms with E-state index < -0.39 is 5.82 Å². The zero-order chi connectivity index (χ0) is 8.97. The third-order valence-electron chi connectivity index (χ3n) is 1.35. The second-order valence-corrected chi connectivity index (χ2v) is 2.27. The number of nitrogen functional groups attached to an aromatic ring is 1. The maximum atomic E-state index is 12.6. The Balaban J connectivity index is 2.97. The van der Waals surface area contributed by atoms with Crippen LogP contribution in [0.2, 0.25) is 0 Å². The van der Waals surface area contributed by atoms with Crippen LogP contribution in [0.4, 0.5) is 10.2 Å². The standard InChI is InChI=1S/C8H10FN3/c9-7-4-6(2-1-3-10)8(11)12-5-7/h1-2,4-5H,3,10H2,(H2,11,12). The third-order valence-corrected chi connectivity index (χ3v) is 1.35. The molecule has 0 spiro atoms. The average Bonchev–Trinajstić information content (AvgIpc) is 2.07. The normalized spacial score (nSPS) is 10.8. The van der Waals surface area contributed by atoms with E-state index in [4.69, 9.17) is 11.5 Å². The third kappa shape index (κ3) is 2.03. The van der Waals surface area contributed by atoms with Crippen molar-refractivity contribution in [2.45, 2.75) is 0 Å². The Labute approximate surface area is 69.9 Å². The van der Waals surface area contributed by atoms with Crippen LogP contribution in [0.3, 0.4) is 0 Å². The molecule has 0 atom stereocenters. The lowest BCUT2D eigenvalue weighted by molar-refractivity contribution is 0.621. The highest BCUT2D eigenvalue weighted by Gasteiger charge is 1.97. The molecule has 0 bridgehead atoms. The Hall–Kier alpha value is -1.42. The van der Waals surface area contributed by atoms with E-state index in [0.717, 1.165) is 6.20 Å². The molecule has 3 nitrogen and oxygen atoms in total. The molecule has 1 heterocycles. The van der Waals surface area contributed by atoms with E-state index in [2.05, 4.69) is 4.98 Å². The van der Waals surface area contributed by atoms with Gasteiger partial charge in [-0.05, 0) is 6.07 Å². The molecular weight excluding hydrogens is 157 g/mol. The van der Waals surface area contributed by atoms with Crippen molar-refractivity contribution >= 4 is 11.9 Å². The van der Waals surface area contributed by atoms with E-state index in [1.165, 1.54) is 6.07 Å². The molecule has 0 saturated carbocycles. The van der Waals surface area contributed by atoms with E-state index in [-0.39, 0.29) is 0 Å². The lowest BCUT2D eigenvalue weighted by atomic mass is 10.2. The number of hydrogen-bond donors (Lipinski definition) is 2. The van der Waals surface area contributed by atoms with Gasteiger partial charge < -0.3 is 11.5 Å². The number of hydrogen-bond acceptors (Lipinski definition) is 3. The second kappa shape index (κ2) is 3.82. The summed E-state index contributed by atoms with van der Waals surface area (Å²) < 4.78 is 12.6. The molecule has 0 unspecified atom stereocenters. The summed E-state index contributed by atoms with van der Waals surface area (Å²) in [6, 6.07) is 1.31. The summed E-state index contributed by atoms with van der Waals surface area (Å²) in [5, 5.41) is 0. The molecule has 64 valence electrons. The number of anilines is 1. The van der Waals surface area contributed by atoms with Crippen LogP contribution in [0.5, 0.6) is 0 Å². The maximum absolute atomic E-state index is 12.6. The molecular formula is C8H10FN3. The molecule has 4 N–H and O–H groups in total. The average molecular weight is 167 g/mol. The van der Waals surface area contributed by atoms with Crippen LogP contribution in [0, 0.1) is 5.82 Å². The lowest BCUT2D eigenvalue weighted by Crippen LogP contribution is -1.96. The predicted octanol–water partition coefficient (Wildman–Crippen LogP) is 0.775. The predicted molar refractivity (Wildman–Crippen MR) is 46.7 cm³/mol. The first-order chi connectivity index (χ1) is 5.74. The SMILES string of the molecule is NCC=Cc1cc(F)cnc1N. The van der Waals surface area contributed by atoms with Crippen molar-refractivity contribution in [1.82, 2.24) is 4.98 Å². The Bertz CT molecular complexity index is 296. The molecule has 0 aliphatic carbocycles. The summed E-state index contributed by atoms with van der Waals surface area (Å²) in [6.07, 6.45) is 4.41. The van der Waals surface area contributed by atoms with Gasteiger partial charge >= 0.3 is 0 Å². The largest absolute Gasteiger partial charge is 0.383 e. The van der Waals surface area contributed by atoms with E-state index in [1.54, 1.807) is 12.2 Å². The lowest BCUT2D eigenvalue weighted by Gasteiger charge is -1.97. The molecule has 0 fully saturated rings. The fourth-order valence-electron chi connectivity index (χ4n) is 0.794. The van der Waals surface area contributed by atoms with Crippen molar-refractivity contribution in [3.05, 3.63) is 29.7 Å². The van der Waals surface area contributed by atoms with Crippen molar-refractivity contribution in [2.75, 3.05) is 12.3 Å². The van der Waals surface area contributed by atoms with Gasteiger partial charge in [0.1, 0.15) is 11.6 Å². The van der Waals surface area contributed by atoms with Gasteiger partial charge in [-0.2, -0.15) is 0 Å². The van der Waals surface area contributed by atoms with Gasteiger partial charge in [0.2, 0.25) is 0 Å². The molecule has 0 aliphatic rings. The van der Waals surface area contributed by atoms with Crippen molar-refractivity contribution in [3.63, 3.8) is 0 Å². The monoisotopic (exact) mass is 167 g/mol. The Morgan fingerprint density at radius 1 is 1.58 bits per heavy atom. The van der Waals surface area contributed by atoms with E-state index in [1.807, 2.05) is 0 Å². The Morgan fingerprint density at radius 3 is 3.00 bits per heavy atom. The Morgan fingerprint density at radius 2 is 2.33 bits per heavy atom. The topological polar surface area (TPSA) is 64.9 Å².